The van der Waals surface area contributed by atoms with E-state index in [0.29, 0.717) is 19.5 Å². The Bertz CT molecular complexity index is 341. The van der Waals surface area contributed by atoms with E-state index in [2.05, 4.69) is 48.5 Å². The summed E-state index contributed by atoms with van der Waals surface area (Å²) >= 11 is 0. The first kappa shape index (κ1) is 22.7. The highest BCUT2D eigenvalue weighted by Gasteiger charge is 2.02. The number of nitrogens with one attached hydrogen (secondary N) is 1. The highest BCUT2D eigenvalue weighted by molar-refractivity contribution is 5.75. The summed E-state index contributed by atoms with van der Waals surface area (Å²) in [6, 6.07) is 0. The largest absolute Gasteiger partial charge is 0.395 e. The van der Waals surface area contributed by atoms with Crippen molar-refractivity contribution < 1.29 is 9.90 Å². The van der Waals surface area contributed by atoms with Crippen molar-refractivity contribution in [1.82, 2.24) is 10.2 Å². The Kier molecular flexibility index (Phi) is 17.1. The third-order valence-electron chi connectivity index (χ3n) is 3.83. The van der Waals surface area contributed by atoms with E-state index in [1.165, 1.54) is 25.7 Å². The summed E-state index contributed by atoms with van der Waals surface area (Å²) in [4.78, 5) is 13.8. The number of amides is 1. The van der Waals surface area contributed by atoms with Crippen LogP contribution in [-0.4, -0.2) is 42.2 Å². The molecule has 24 heavy (non-hydrogen) atoms. The first-order chi connectivity index (χ1) is 11.7. The summed E-state index contributed by atoms with van der Waals surface area (Å²) in [6.07, 6.45) is 18.2. The molecule has 0 rings (SSSR count). The number of aliphatic hydroxyl groups excluding tert-OH is 1. The second-order valence-corrected chi connectivity index (χ2v) is 6.12. The summed E-state index contributed by atoms with van der Waals surface area (Å²) < 4.78 is 0. The monoisotopic (exact) mass is 338 g/mol. The lowest BCUT2D eigenvalue weighted by Gasteiger charge is -2.19. The van der Waals surface area contributed by atoms with Gasteiger partial charge >= 0.3 is 0 Å². The first-order valence-corrected chi connectivity index (χ1v) is 9.67. The molecule has 140 valence electrons. The molecule has 4 heteroatoms. The molecule has 0 heterocycles. The van der Waals surface area contributed by atoms with E-state index in [1.807, 2.05) is 0 Å². The van der Waals surface area contributed by atoms with E-state index in [9.17, 15) is 4.79 Å². The van der Waals surface area contributed by atoms with Gasteiger partial charge in [0, 0.05) is 26.1 Å². The van der Waals surface area contributed by atoms with Crippen molar-refractivity contribution in [3.8, 4) is 0 Å². The SMILES string of the molecule is CC/C=C/CCCC(=O)NCCN(/C=C/CCCCCC)CCO. The molecular formula is C20H38N2O2. The Labute approximate surface area is 149 Å². The normalized spacial score (nSPS) is 11.5. The maximum Gasteiger partial charge on any atom is 0.220 e. The minimum absolute atomic E-state index is 0.118. The van der Waals surface area contributed by atoms with Crippen LogP contribution in [0.2, 0.25) is 0 Å². The Hall–Kier alpha value is -1.29. The van der Waals surface area contributed by atoms with Crippen LogP contribution in [0.3, 0.4) is 0 Å². The fourth-order valence-electron chi connectivity index (χ4n) is 2.39. The van der Waals surface area contributed by atoms with E-state index < -0.39 is 0 Å². The number of aliphatic hydroxyl groups is 1. The van der Waals surface area contributed by atoms with Gasteiger partial charge in [0.1, 0.15) is 0 Å². The summed E-state index contributed by atoms with van der Waals surface area (Å²) in [6.45, 7) is 6.45. The number of allylic oxidation sites excluding steroid dienone is 3. The number of nitrogens with zero attached hydrogens (tertiary/aromatic N) is 1. The molecule has 0 aromatic heterocycles. The minimum Gasteiger partial charge on any atom is -0.395 e. The molecule has 0 aliphatic heterocycles. The maximum absolute atomic E-state index is 11.8. The van der Waals surface area contributed by atoms with Gasteiger partial charge in [-0.25, -0.2) is 0 Å². The molecule has 0 fully saturated rings. The van der Waals surface area contributed by atoms with Crippen molar-refractivity contribution in [1.29, 1.82) is 0 Å². The van der Waals surface area contributed by atoms with Crippen LogP contribution in [0.4, 0.5) is 0 Å². The standard InChI is InChI=1S/C20H38N2O2/c1-3-5-7-9-11-13-16-22(18-19-23)17-15-21-20(24)14-12-10-8-6-4-2/h6,8,13,16,23H,3-5,7,9-12,14-15,17-19H2,1-2H3,(H,21,24)/b8-6+,16-13+. The molecule has 4 nitrogen and oxygen atoms in total. The minimum atomic E-state index is 0.118. The third kappa shape index (κ3) is 15.6. The van der Waals surface area contributed by atoms with Crippen LogP contribution in [0.5, 0.6) is 0 Å². The summed E-state index contributed by atoms with van der Waals surface area (Å²) in [5.41, 5.74) is 0. The maximum atomic E-state index is 11.8. The molecule has 1 amide bonds. The average molecular weight is 339 g/mol. The fourth-order valence-corrected chi connectivity index (χ4v) is 2.39. The van der Waals surface area contributed by atoms with E-state index in [1.54, 1.807) is 0 Å². The van der Waals surface area contributed by atoms with Crippen LogP contribution < -0.4 is 5.32 Å². The lowest BCUT2D eigenvalue weighted by Crippen LogP contribution is -2.33. The zero-order chi connectivity index (χ0) is 17.9. The lowest BCUT2D eigenvalue weighted by atomic mass is 10.1. The first-order valence-electron chi connectivity index (χ1n) is 9.67. The van der Waals surface area contributed by atoms with Crippen LogP contribution in [0.25, 0.3) is 0 Å². The number of unbranched alkanes of at least 4 members (excludes halogenated alkanes) is 5. The van der Waals surface area contributed by atoms with Crippen molar-refractivity contribution in [2.45, 2.75) is 71.6 Å². The van der Waals surface area contributed by atoms with Crippen molar-refractivity contribution in [2.75, 3.05) is 26.2 Å². The molecule has 0 spiro atoms. The lowest BCUT2D eigenvalue weighted by molar-refractivity contribution is -0.121. The van der Waals surface area contributed by atoms with E-state index in [0.717, 1.165) is 32.2 Å². The smallest absolute Gasteiger partial charge is 0.220 e. The fraction of sp³-hybridized carbons (Fsp3) is 0.750. The number of carbonyl (C=O) groups excluding carboxylic acids is 1. The van der Waals surface area contributed by atoms with Gasteiger partial charge in [-0.3, -0.25) is 4.79 Å². The van der Waals surface area contributed by atoms with Crippen LogP contribution >= 0.6 is 0 Å². The van der Waals surface area contributed by atoms with Gasteiger partial charge in [0.2, 0.25) is 5.91 Å². The van der Waals surface area contributed by atoms with Crippen LogP contribution in [0.1, 0.15) is 71.6 Å². The zero-order valence-corrected chi connectivity index (χ0v) is 15.8. The van der Waals surface area contributed by atoms with Crippen molar-refractivity contribution in [3.63, 3.8) is 0 Å². The molecule has 0 saturated heterocycles. The molecule has 0 aliphatic rings. The highest BCUT2D eigenvalue weighted by atomic mass is 16.3. The molecule has 0 unspecified atom stereocenters. The van der Waals surface area contributed by atoms with Gasteiger partial charge in [-0.05, 0) is 38.3 Å². The predicted octanol–water partition coefficient (Wildman–Crippen LogP) is 4.02. The van der Waals surface area contributed by atoms with Gasteiger partial charge in [0.05, 0.1) is 6.61 Å². The Morgan fingerprint density at radius 1 is 1.00 bits per heavy atom. The van der Waals surface area contributed by atoms with Gasteiger partial charge in [0.25, 0.3) is 0 Å². The molecule has 0 aromatic carbocycles. The summed E-state index contributed by atoms with van der Waals surface area (Å²) in [5, 5.41) is 12.1. The number of hydrogen-bond acceptors (Lipinski definition) is 3. The topological polar surface area (TPSA) is 52.6 Å². The van der Waals surface area contributed by atoms with Gasteiger partial charge in [-0.15, -0.1) is 0 Å². The zero-order valence-electron chi connectivity index (χ0n) is 15.8. The molecule has 2 N–H and O–H groups in total. The molecule has 0 atom stereocenters. The molecular weight excluding hydrogens is 300 g/mol. The Balaban J connectivity index is 3.80. The van der Waals surface area contributed by atoms with Gasteiger partial charge in [-0.2, -0.15) is 0 Å². The second-order valence-electron chi connectivity index (χ2n) is 6.12. The Morgan fingerprint density at radius 3 is 2.50 bits per heavy atom. The van der Waals surface area contributed by atoms with E-state index >= 15 is 0 Å². The van der Waals surface area contributed by atoms with E-state index in [4.69, 9.17) is 5.11 Å². The van der Waals surface area contributed by atoms with Crippen molar-refractivity contribution in [3.05, 3.63) is 24.4 Å². The Morgan fingerprint density at radius 2 is 1.79 bits per heavy atom. The third-order valence-corrected chi connectivity index (χ3v) is 3.83. The van der Waals surface area contributed by atoms with Crippen molar-refractivity contribution in [2.24, 2.45) is 0 Å². The summed E-state index contributed by atoms with van der Waals surface area (Å²) in [5.74, 6) is 0.118. The molecule has 0 radical (unpaired) electrons. The van der Waals surface area contributed by atoms with Gasteiger partial charge in [0.15, 0.2) is 0 Å². The number of carbonyl (C=O) groups is 1. The second kappa shape index (κ2) is 18.1. The van der Waals surface area contributed by atoms with E-state index in [-0.39, 0.29) is 12.5 Å². The summed E-state index contributed by atoms with van der Waals surface area (Å²) in [7, 11) is 0. The van der Waals surface area contributed by atoms with Gasteiger partial charge in [-0.1, -0.05) is 51.3 Å². The van der Waals surface area contributed by atoms with Crippen molar-refractivity contribution >= 4 is 5.91 Å². The quantitative estimate of drug-likeness (QED) is 0.330. The van der Waals surface area contributed by atoms with Gasteiger partial charge < -0.3 is 15.3 Å². The molecule has 0 bridgehead atoms. The number of rotatable bonds is 16. The molecule has 0 saturated carbocycles. The predicted molar refractivity (Wildman–Crippen MR) is 103 cm³/mol. The molecule has 0 aliphatic carbocycles. The van der Waals surface area contributed by atoms with Crippen LogP contribution in [-0.2, 0) is 4.79 Å². The van der Waals surface area contributed by atoms with Crippen LogP contribution in [0, 0.1) is 0 Å². The number of hydrogen-bond donors (Lipinski definition) is 2. The van der Waals surface area contributed by atoms with Crippen LogP contribution in [0.15, 0.2) is 24.4 Å². The average Bonchev–Trinajstić information content (AvgIpc) is 2.57. The highest BCUT2D eigenvalue weighted by Crippen LogP contribution is 2.03. The molecule has 0 aromatic rings.